The zero-order valence-corrected chi connectivity index (χ0v) is 33.6. The molecule has 0 saturated carbocycles. The minimum absolute atomic E-state index is 0.127. The van der Waals surface area contributed by atoms with Crippen LogP contribution in [0.4, 0.5) is 0 Å². The van der Waals surface area contributed by atoms with Crippen LogP contribution < -0.4 is 0 Å². The molecule has 0 fully saturated rings. The Kier molecular flexibility index (Phi) is 23.5. The minimum atomic E-state index is -0.194. The molecule has 0 radical (unpaired) electrons. The highest BCUT2D eigenvalue weighted by Crippen LogP contribution is 2.20. The Morgan fingerprint density at radius 3 is 1.06 bits per heavy atom. The van der Waals surface area contributed by atoms with E-state index in [0.29, 0.717) is 12.0 Å². The van der Waals surface area contributed by atoms with Crippen molar-refractivity contribution in [3.63, 3.8) is 0 Å². The van der Waals surface area contributed by atoms with Crippen LogP contribution in [0, 0.1) is 0 Å². The van der Waals surface area contributed by atoms with Crippen LogP contribution in [0.1, 0.15) is 159 Å². The van der Waals surface area contributed by atoms with Gasteiger partial charge in [-0.05, 0) is 165 Å². The standard InChI is InChI=1S/C47H70O3/c1-36(2)18-11-19-37(3)20-12-21-38(4)22-13-23-39(5)24-14-25-40(6)26-15-27-41(7)28-16-29-42(8)30-17-31-43(9)32-33-44-34-45(48)35-46(50-10)47(44)49/h18,20,22,24,26,28,30,32,34-35H,11-17,19,21,23,25,27,29,31,33H2,1-10H3/b37-20+,38-22+,39-24+,40-26+,41-28+,42-30+,43-32+. The van der Waals surface area contributed by atoms with Crippen LogP contribution >= 0.6 is 0 Å². The molecule has 0 amide bonds. The summed E-state index contributed by atoms with van der Waals surface area (Å²) in [6.45, 7) is 20.0. The van der Waals surface area contributed by atoms with E-state index in [-0.39, 0.29) is 17.3 Å². The number of hydrogen-bond acceptors (Lipinski definition) is 3. The van der Waals surface area contributed by atoms with E-state index in [0.717, 1.165) is 77.0 Å². The van der Waals surface area contributed by atoms with Crippen molar-refractivity contribution in [2.75, 3.05) is 7.11 Å². The molecule has 0 aliphatic heterocycles. The zero-order chi connectivity index (χ0) is 37.3. The van der Waals surface area contributed by atoms with Gasteiger partial charge in [-0.2, -0.15) is 0 Å². The van der Waals surface area contributed by atoms with Crippen molar-refractivity contribution >= 4 is 11.6 Å². The topological polar surface area (TPSA) is 43.4 Å². The van der Waals surface area contributed by atoms with Crippen LogP contribution in [0.5, 0.6) is 0 Å². The number of rotatable bonds is 24. The summed E-state index contributed by atoms with van der Waals surface area (Å²) in [6.07, 6.45) is 37.6. The summed E-state index contributed by atoms with van der Waals surface area (Å²) in [4.78, 5) is 24.1. The van der Waals surface area contributed by atoms with Gasteiger partial charge >= 0.3 is 0 Å². The molecule has 1 aliphatic rings. The van der Waals surface area contributed by atoms with Gasteiger partial charge in [0, 0.05) is 11.6 Å². The smallest absolute Gasteiger partial charge is 0.224 e. The number of hydrogen-bond donors (Lipinski definition) is 0. The fraction of sp³-hybridized carbons (Fsp3) is 0.532. The highest BCUT2D eigenvalue weighted by Gasteiger charge is 2.21. The van der Waals surface area contributed by atoms with Crippen LogP contribution in [0.15, 0.2) is 117 Å². The molecule has 50 heavy (non-hydrogen) atoms. The van der Waals surface area contributed by atoms with Crippen LogP contribution in [0.25, 0.3) is 0 Å². The third-order valence-corrected chi connectivity index (χ3v) is 9.28. The number of Topliss-reactive ketones (excluding diaryl/α,β-unsaturated/α-hetero) is 1. The molecule has 0 saturated heterocycles. The SMILES string of the molecule is COC1=CC(=O)C=C(C/C=C(\C)CC/C=C(\C)CC/C=C(\C)CC/C=C(\C)CC/C=C(\C)CC/C=C(\C)CC/C=C(\C)CCC=C(C)C)C1=O. The number of allylic oxidation sites excluding steroid dienone is 19. The third kappa shape index (κ3) is 22.3. The Labute approximate surface area is 307 Å². The summed E-state index contributed by atoms with van der Waals surface area (Å²) in [7, 11) is 1.42. The van der Waals surface area contributed by atoms with Gasteiger partial charge in [-0.15, -0.1) is 0 Å². The largest absolute Gasteiger partial charge is 0.493 e. The molecule has 0 heterocycles. The molecule has 3 nitrogen and oxygen atoms in total. The maximum absolute atomic E-state index is 12.3. The van der Waals surface area contributed by atoms with Gasteiger partial charge in [0.15, 0.2) is 11.5 Å². The highest BCUT2D eigenvalue weighted by atomic mass is 16.5. The highest BCUT2D eigenvalue weighted by molar-refractivity contribution is 6.19. The van der Waals surface area contributed by atoms with E-state index in [1.165, 1.54) is 76.7 Å². The van der Waals surface area contributed by atoms with Gasteiger partial charge in [-0.3, -0.25) is 9.59 Å². The molecule has 0 aromatic heterocycles. The van der Waals surface area contributed by atoms with Crippen molar-refractivity contribution in [3.05, 3.63) is 117 Å². The summed E-state index contributed by atoms with van der Waals surface area (Å²) in [5.41, 5.74) is 12.1. The summed E-state index contributed by atoms with van der Waals surface area (Å²) >= 11 is 0. The van der Waals surface area contributed by atoms with Gasteiger partial charge in [0.2, 0.25) is 5.78 Å². The lowest BCUT2D eigenvalue weighted by molar-refractivity contribution is -0.117. The average molecular weight is 683 g/mol. The van der Waals surface area contributed by atoms with E-state index in [4.69, 9.17) is 4.74 Å². The number of ether oxygens (including phenoxy) is 1. The second-order valence-electron chi connectivity index (χ2n) is 14.7. The normalized spacial score (nSPS) is 15.8. The summed E-state index contributed by atoms with van der Waals surface area (Å²) in [6, 6.07) is 0. The minimum Gasteiger partial charge on any atom is -0.493 e. The molecule has 0 spiro atoms. The van der Waals surface area contributed by atoms with E-state index < -0.39 is 0 Å². The van der Waals surface area contributed by atoms with Gasteiger partial charge < -0.3 is 4.74 Å². The number of ketones is 2. The van der Waals surface area contributed by atoms with Gasteiger partial charge in [-0.25, -0.2) is 0 Å². The molecule has 0 aromatic rings. The molecule has 3 heteroatoms. The van der Waals surface area contributed by atoms with Crippen LogP contribution in [0.2, 0.25) is 0 Å². The first-order valence-corrected chi connectivity index (χ1v) is 19.1. The van der Waals surface area contributed by atoms with Gasteiger partial charge in [-0.1, -0.05) is 93.2 Å². The summed E-state index contributed by atoms with van der Waals surface area (Å²) < 4.78 is 5.04. The molecule has 0 atom stereocenters. The van der Waals surface area contributed by atoms with Crippen LogP contribution in [-0.4, -0.2) is 18.7 Å². The van der Waals surface area contributed by atoms with E-state index in [1.54, 1.807) is 0 Å². The fourth-order valence-electron chi connectivity index (χ4n) is 5.80. The van der Waals surface area contributed by atoms with Gasteiger partial charge in [0.25, 0.3) is 0 Å². The fourth-order valence-corrected chi connectivity index (χ4v) is 5.80. The molecule has 0 bridgehead atoms. The van der Waals surface area contributed by atoms with Crippen molar-refractivity contribution in [2.24, 2.45) is 0 Å². The van der Waals surface area contributed by atoms with Gasteiger partial charge in [0.05, 0.1) is 7.11 Å². The Bertz CT molecular complexity index is 1400. The van der Waals surface area contributed by atoms with Crippen LogP contribution in [0.3, 0.4) is 0 Å². The second-order valence-corrected chi connectivity index (χ2v) is 14.7. The van der Waals surface area contributed by atoms with E-state index in [9.17, 15) is 9.59 Å². The first-order chi connectivity index (χ1) is 23.8. The molecule has 0 aromatic carbocycles. The second kappa shape index (κ2) is 26.4. The molecule has 276 valence electrons. The summed E-state index contributed by atoms with van der Waals surface area (Å²) in [5, 5.41) is 0. The maximum atomic E-state index is 12.3. The van der Waals surface area contributed by atoms with Crippen molar-refractivity contribution < 1.29 is 14.3 Å². The van der Waals surface area contributed by atoms with Crippen molar-refractivity contribution in [2.45, 2.75) is 159 Å². The number of carbonyl (C=O) groups excluding carboxylic acids is 2. The first-order valence-electron chi connectivity index (χ1n) is 19.1. The van der Waals surface area contributed by atoms with Gasteiger partial charge in [0.1, 0.15) is 0 Å². The first kappa shape index (κ1) is 44.6. The van der Waals surface area contributed by atoms with E-state index in [2.05, 4.69) is 111 Å². The Morgan fingerprint density at radius 2 is 0.760 bits per heavy atom. The van der Waals surface area contributed by atoms with E-state index >= 15 is 0 Å². The quantitative estimate of drug-likeness (QED) is 0.0752. The third-order valence-electron chi connectivity index (χ3n) is 9.28. The molecule has 1 aliphatic carbocycles. The molecule has 0 N–H and O–H groups in total. The lowest BCUT2D eigenvalue weighted by Gasteiger charge is -2.11. The average Bonchev–Trinajstić information content (AvgIpc) is 3.04. The molecule has 0 unspecified atom stereocenters. The number of methoxy groups -OCH3 is 1. The Hall–Kier alpha value is -3.46. The summed E-state index contributed by atoms with van der Waals surface area (Å²) in [5.74, 6) is -0.255. The lowest BCUT2D eigenvalue weighted by Crippen LogP contribution is -2.15. The lowest BCUT2D eigenvalue weighted by atomic mass is 9.97. The number of carbonyl (C=O) groups is 2. The molecular formula is C47H70O3. The van der Waals surface area contributed by atoms with Crippen molar-refractivity contribution in [1.82, 2.24) is 0 Å². The molecule has 1 rings (SSSR count). The zero-order valence-electron chi connectivity index (χ0n) is 33.6. The predicted octanol–water partition coefficient (Wildman–Crippen LogP) is 14.0. The molecular weight excluding hydrogens is 613 g/mol. The maximum Gasteiger partial charge on any atom is 0.224 e. The monoisotopic (exact) mass is 683 g/mol. The van der Waals surface area contributed by atoms with Crippen molar-refractivity contribution in [3.8, 4) is 0 Å². The predicted molar refractivity (Wildman–Crippen MR) is 218 cm³/mol. The Morgan fingerprint density at radius 1 is 0.460 bits per heavy atom. The Balaban J connectivity index is 2.27. The van der Waals surface area contributed by atoms with E-state index in [1.807, 2.05) is 0 Å². The van der Waals surface area contributed by atoms with Crippen LogP contribution in [-0.2, 0) is 14.3 Å². The van der Waals surface area contributed by atoms with Crippen molar-refractivity contribution in [1.29, 1.82) is 0 Å².